The molecule has 3 rings (SSSR count). The number of carbonyl (C=O) groups is 1. The topological polar surface area (TPSA) is 84.4 Å². The van der Waals surface area contributed by atoms with Crippen LogP contribution in [0.4, 0.5) is 10.1 Å². The lowest BCUT2D eigenvalue weighted by Gasteiger charge is -2.20. The van der Waals surface area contributed by atoms with E-state index in [9.17, 15) is 4.39 Å². The van der Waals surface area contributed by atoms with Gasteiger partial charge in [0.25, 0.3) is 0 Å². The van der Waals surface area contributed by atoms with Crippen molar-refractivity contribution in [2.75, 3.05) is 12.1 Å². The van der Waals surface area contributed by atoms with Crippen molar-refractivity contribution >= 4 is 35.2 Å². The van der Waals surface area contributed by atoms with E-state index in [1.165, 1.54) is 16.0 Å². The molecule has 1 amide bonds. The van der Waals surface area contributed by atoms with Crippen LogP contribution in [0.2, 0.25) is 0 Å². The first kappa shape index (κ1) is 18.7. The third kappa shape index (κ3) is 5.20. The normalized spacial score (nSPS) is 13.0. The highest BCUT2D eigenvalue weighted by Crippen LogP contribution is 2.48. The van der Waals surface area contributed by atoms with E-state index in [0.29, 0.717) is 12.3 Å². The first-order chi connectivity index (χ1) is 11.6. The first-order valence-corrected chi connectivity index (χ1v) is 9.30. The highest BCUT2D eigenvalue weighted by Gasteiger charge is 2.28. The number of carbonyl (C=O) groups excluding carboxylic acids is 1. The molecule has 5 N–H and O–H groups in total. The second kappa shape index (κ2) is 9.03. The summed E-state index contributed by atoms with van der Waals surface area (Å²) < 4.78 is 13.8. The van der Waals surface area contributed by atoms with Gasteiger partial charge >= 0.3 is 0 Å². The molecule has 2 aromatic rings. The SMILES string of the molecule is CN(N)c1cc(F)cc(C2CC2)c1SCc1cccs1.NNC=O. The first-order valence-electron chi connectivity index (χ1n) is 7.43. The molecule has 0 saturated heterocycles. The molecule has 0 radical (unpaired) electrons. The number of thiophene rings is 1. The Morgan fingerprint density at radius 3 is 2.71 bits per heavy atom. The summed E-state index contributed by atoms with van der Waals surface area (Å²) >= 11 is 3.51. The number of nitrogens with two attached hydrogens (primary N) is 2. The minimum absolute atomic E-state index is 0.195. The molecule has 130 valence electrons. The zero-order chi connectivity index (χ0) is 17.5. The highest BCUT2D eigenvalue weighted by molar-refractivity contribution is 7.98. The Morgan fingerprint density at radius 1 is 1.50 bits per heavy atom. The molecular weight excluding hydrogens is 347 g/mol. The van der Waals surface area contributed by atoms with Crippen molar-refractivity contribution in [3.8, 4) is 0 Å². The van der Waals surface area contributed by atoms with Crippen LogP contribution < -0.4 is 22.1 Å². The Morgan fingerprint density at radius 2 is 2.21 bits per heavy atom. The molecule has 1 aliphatic carbocycles. The second-order valence-corrected chi connectivity index (χ2v) is 7.40. The van der Waals surface area contributed by atoms with Crippen molar-refractivity contribution in [1.82, 2.24) is 5.43 Å². The van der Waals surface area contributed by atoms with Crippen LogP contribution in [0.25, 0.3) is 0 Å². The Bertz CT molecular complexity index is 637. The fraction of sp³-hybridized carbons (Fsp3) is 0.312. The second-order valence-electron chi connectivity index (χ2n) is 5.38. The van der Waals surface area contributed by atoms with E-state index < -0.39 is 0 Å². The van der Waals surface area contributed by atoms with E-state index >= 15 is 0 Å². The van der Waals surface area contributed by atoms with Gasteiger partial charge < -0.3 is 5.01 Å². The Kier molecular flexibility index (Phi) is 7.04. The molecular formula is C16H21FN4OS2. The van der Waals surface area contributed by atoms with Crippen LogP contribution in [-0.4, -0.2) is 13.5 Å². The number of hydrogen-bond acceptors (Lipinski definition) is 6. The Labute approximate surface area is 149 Å². The Balaban J connectivity index is 0.000000471. The van der Waals surface area contributed by atoms with Gasteiger partial charge in [0.2, 0.25) is 6.41 Å². The summed E-state index contributed by atoms with van der Waals surface area (Å²) in [6.45, 7) is 0. The number of benzene rings is 1. The van der Waals surface area contributed by atoms with Crippen LogP contribution in [0, 0.1) is 5.82 Å². The number of rotatable bonds is 6. The fourth-order valence-electron chi connectivity index (χ4n) is 2.25. The maximum Gasteiger partial charge on any atom is 0.221 e. The molecule has 5 nitrogen and oxygen atoms in total. The molecule has 1 aromatic carbocycles. The number of thioether (sulfide) groups is 1. The van der Waals surface area contributed by atoms with Crippen LogP contribution in [0.15, 0.2) is 34.5 Å². The van der Waals surface area contributed by atoms with Crippen molar-refractivity contribution in [3.63, 3.8) is 0 Å². The lowest BCUT2D eigenvalue weighted by molar-refractivity contribution is -0.109. The maximum absolute atomic E-state index is 13.8. The van der Waals surface area contributed by atoms with Crippen LogP contribution >= 0.6 is 23.1 Å². The van der Waals surface area contributed by atoms with Crippen molar-refractivity contribution in [3.05, 3.63) is 45.9 Å². The number of nitrogens with zero attached hydrogens (tertiary/aromatic N) is 1. The van der Waals surface area contributed by atoms with E-state index in [-0.39, 0.29) is 5.82 Å². The number of anilines is 1. The molecule has 0 aliphatic heterocycles. The molecule has 24 heavy (non-hydrogen) atoms. The molecule has 0 unspecified atom stereocenters. The lowest BCUT2D eigenvalue weighted by Crippen LogP contribution is -2.26. The van der Waals surface area contributed by atoms with Crippen molar-refractivity contribution in [2.45, 2.75) is 29.4 Å². The largest absolute Gasteiger partial charge is 0.313 e. The zero-order valence-corrected chi connectivity index (χ0v) is 15.0. The quantitative estimate of drug-likeness (QED) is 0.240. The summed E-state index contributed by atoms with van der Waals surface area (Å²) in [5.41, 5.74) is 3.66. The summed E-state index contributed by atoms with van der Waals surface area (Å²) in [6, 6.07) is 7.40. The van der Waals surface area contributed by atoms with Gasteiger partial charge in [0.15, 0.2) is 0 Å². The fourth-order valence-corrected chi connectivity index (χ4v) is 4.32. The molecule has 0 spiro atoms. The average molecular weight is 369 g/mol. The van der Waals surface area contributed by atoms with Gasteiger partial charge in [0.1, 0.15) is 5.82 Å². The minimum Gasteiger partial charge on any atom is -0.313 e. The molecule has 1 heterocycles. The van der Waals surface area contributed by atoms with Crippen molar-refractivity contribution in [1.29, 1.82) is 0 Å². The standard InChI is InChI=1S/C15H17FN2S2.CH4N2O/c1-18(17)14-8-11(16)7-13(10-4-5-10)15(14)20-9-12-3-2-6-19-12;2-3-1-4/h2-3,6-8,10H,4-5,9,17H2,1H3;1H,2H2,(H,3,4). The van der Waals surface area contributed by atoms with Gasteiger partial charge in [-0.1, -0.05) is 6.07 Å². The van der Waals surface area contributed by atoms with E-state index in [4.69, 9.17) is 10.6 Å². The van der Waals surface area contributed by atoms with Crippen LogP contribution in [0.3, 0.4) is 0 Å². The average Bonchev–Trinajstić information content (AvgIpc) is 3.29. The molecule has 1 aliphatic rings. The summed E-state index contributed by atoms with van der Waals surface area (Å²) in [5.74, 6) is 11.5. The number of hydrogen-bond donors (Lipinski definition) is 3. The molecule has 1 fully saturated rings. The van der Waals surface area contributed by atoms with Gasteiger partial charge in [-0.2, -0.15) is 0 Å². The van der Waals surface area contributed by atoms with Gasteiger partial charge in [-0.3, -0.25) is 10.2 Å². The third-order valence-corrected chi connectivity index (χ3v) is 5.71. The Hall–Kier alpha value is -1.61. The number of amides is 1. The summed E-state index contributed by atoms with van der Waals surface area (Å²) in [5, 5.41) is 3.60. The summed E-state index contributed by atoms with van der Waals surface area (Å²) in [4.78, 5) is 11.4. The highest BCUT2D eigenvalue weighted by atomic mass is 32.2. The number of hydrazine groups is 2. The van der Waals surface area contributed by atoms with E-state index in [0.717, 1.165) is 34.7 Å². The predicted octanol–water partition coefficient (Wildman–Crippen LogP) is 2.97. The van der Waals surface area contributed by atoms with E-state index in [1.54, 1.807) is 41.6 Å². The molecule has 1 saturated carbocycles. The van der Waals surface area contributed by atoms with Gasteiger partial charge in [0, 0.05) is 22.6 Å². The van der Waals surface area contributed by atoms with Gasteiger partial charge in [-0.15, -0.1) is 23.1 Å². The summed E-state index contributed by atoms with van der Waals surface area (Å²) in [7, 11) is 1.76. The van der Waals surface area contributed by atoms with Crippen LogP contribution in [0.1, 0.15) is 29.2 Å². The molecule has 0 bridgehead atoms. The number of nitrogens with one attached hydrogen (secondary N) is 1. The lowest BCUT2D eigenvalue weighted by atomic mass is 10.1. The molecule has 1 aromatic heterocycles. The third-order valence-electron chi connectivity index (χ3n) is 3.47. The predicted molar refractivity (Wildman–Crippen MR) is 98.2 cm³/mol. The van der Waals surface area contributed by atoms with Gasteiger partial charge in [0.05, 0.1) is 5.69 Å². The van der Waals surface area contributed by atoms with E-state index in [1.807, 2.05) is 0 Å². The monoisotopic (exact) mass is 368 g/mol. The van der Waals surface area contributed by atoms with E-state index in [2.05, 4.69) is 23.4 Å². The van der Waals surface area contributed by atoms with Crippen molar-refractivity contribution in [2.24, 2.45) is 11.7 Å². The summed E-state index contributed by atoms with van der Waals surface area (Å²) in [6.07, 6.45) is 2.72. The number of halogens is 1. The molecule has 8 heteroatoms. The van der Waals surface area contributed by atoms with Gasteiger partial charge in [-0.05, 0) is 47.9 Å². The van der Waals surface area contributed by atoms with Gasteiger partial charge in [-0.25, -0.2) is 16.1 Å². The van der Waals surface area contributed by atoms with Crippen LogP contribution in [0.5, 0.6) is 0 Å². The maximum atomic E-state index is 13.8. The smallest absolute Gasteiger partial charge is 0.221 e. The zero-order valence-electron chi connectivity index (χ0n) is 13.4. The van der Waals surface area contributed by atoms with Crippen LogP contribution in [-0.2, 0) is 10.5 Å². The van der Waals surface area contributed by atoms with Crippen molar-refractivity contribution < 1.29 is 9.18 Å². The molecule has 0 atom stereocenters. The minimum atomic E-state index is -0.195.